The Morgan fingerprint density at radius 1 is 1.29 bits per heavy atom. The topological polar surface area (TPSA) is 63.7 Å². The van der Waals surface area contributed by atoms with Crippen LogP contribution in [0.5, 0.6) is 5.75 Å². The minimum atomic E-state index is 0.107. The van der Waals surface area contributed by atoms with Crippen molar-refractivity contribution in [1.29, 1.82) is 0 Å². The Morgan fingerprint density at radius 3 is 2.71 bits per heavy atom. The van der Waals surface area contributed by atoms with Gasteiger partial charge in [0.25, 0.3) is 0 Å². The normalized spacial score (nSPS) is 17.9. The van der Waals surface area contributed by atoms with Gasteiger partial charge in [0.05, 0.1) is 18.9 Å². The Morgan fingerprint density at radius 2 is 2.04 bits per heavy atom. The monoisotopic (exact) mass is 401 g/mol. The average Bonchev–Trinajstić information content (AvgIpc) is 3.02. The zero-order valence-corrected chi connectivity index (χ0v) is 17.1. The number of thiazole rings is 1. The second-order valence-corrected chi connectivity index (χ2v) is 8.57. The van der Waals surface area contributed by atoms with Gasteiger partial charge in [0.2, 0.25) is 5.91 Å². The van der Waals surface area contributed by atoms with Gasteiger partial charge in [-0.3, -0.25) is 9.69 Å². The summed E-state index contributed by atoms with van der Waals surface area (Å²) in [6.07, 6.45) is 3.15. The summed E-state index contributed by atoms with van der Waals surface area (Å²) >= 11 is 1.53. The second kappa shape index (κ2) is 9.03. The van der Waals surface area contributed by atoms with E-state index in [-0.39, 0.29) is 11.8 Å². The van der Waals surface area contributed by atoms with Crippen molar-refractivity contribution in [1.82, 2.24) is 9.88 Å². The molecule has 0 atom stereocenters. The highest BCUT2D eigenvalue weighted by Crippen LogP contribution is 2.33. The van der Waals surface area contributed by atoms with Gasteiger partial charge < -0.3 is 14.8 Å². The van der Waals surface area contributed by atoms with E-state index in [1.807, 2.05) is 31.2 Å². The molecule has 1 N–H and O–H groups in total. The molecule has 4 rings (SSSR count). The van der Waals surface area contributed by atoms with Gasteiger partial charge >= 0.3 is 0 Å². The standard InChI is InChI=1S/C21H27N3O3S/c1-15-19(22-21(28-15)23-20(25)17-3-2-4-17)16-5-7-18(8-6-16)27-14-11-24-9-12-26-13-10-24/h5-8,17H,2-4,9-14H2,1H3,(H,22,23,25). The van der Waals surface area contributed by atoms with Crippen molar-refractivity contribution in [2.24, 2.45) is 5.92 Å². The number of ether oxygens (including phenoxy) is 2. The Hall–Kier alpha value is -1.96. The van der Waals surface area contributed by atoms with Crippen LogP contribution in [-0.2, 0) is 9.53 Å². The van der Waals surface area contributed by atoms with Gasteiger partial charge in [0, 0.05) is 36.0 Å². The molecule has 2 fully saturated rings. The van der Waals surface area contributed by atoms with Crippen LogP contribution in [0.3, 0.4) is 0 Å². The molecule has 150 valence electrons. The first-order valence-corrected chi connectivity index (χ1v) is 10.8. The van der Waals surface area contributed by atoms with Gasteiger partial charge in [-0.1, -0.05) is 6.42 Å². The first kappa shape index (κ1) is 19.4. The number of amides is 1. The van der Waals surface area contributed by atoms with Crippen LogP contribution in [-0.4, -0.2) is 55.2 Å². The van der Waals surface area contributed by atoms with E-state index in [0.29, 0.717) is 11.7 Å². The molecule has 28 heavy (non-hydrogen) atoms. The largest absolute Gasteiger partial charge is 0.492 e. The minimum absolute atomic E-state index is 0.107. The molecule has 0 unspecified atom stereocenters. The molecule has 2 aromatic rings. The van der Waals surface area contributed by atoms with Crippen molar-refractivity contribution in [3.05, 3.63) is 29.1 Å². The summed E-state index contributed by atoms with van der Waals surface area (Å²) < 4.78 is 11.2. The third-order valence-corrected chi connectivity index (χ3v) is 6.30. The molecule has 1 aliphatic heterocycles. The van der Waals surface area contributed by atoms with Gasteiger partial charge in [-0.25, -0.2) is 4.98 Å². The lowest BCUT2D eigenvalue weighted by atomic mass is 9.85. The van der Waals surface area contributed by atoms with Crippen LogP contribution in [0.4, 0.5) is 5.13 Å². The average molecular weight is 402 g/mol. The maximum Gasteiger partial charge on any atom is 0.229 e. The number of nitrogens with one attached hydrogen (secondary N) is 1. The van der Waals surface area contributed by atoms with Crippen LogP contribution in [0.15, 0.2) is 24.3 Å². The SMILES string of the molecule is Cc1sc(NC(=O)C2CCC2)nc1-c1ccc(OCCN2CCOCC2)cc1. The number of nitrogens with zero attached hydrogens (tertiary/aromatic N) is 2. The van der Waals surface area contributed by atoms with Gasteiger partial charge in [-0.05, 0) is 44.0 Å². The van der Waals surface area contributed by atoms with Crippen LogP contribution >= 0.6 is 11.3 Å². The van der Waals surface area contributed by atoms with Crippen LogP contribution < -0.4 is 10.1 Å². The van der Waals surface area contributed by atoms with Gasteiger partial charge in [-0.15, -0.1) is 11.3 Å². The lowest BCUT2D eigenvalue weighted by molar-refractivity contribution is -0.122. The number of hydrogen-bond acceptors (Lipinski definition) is 6. The van der Waals surface area contributed by atoms with Crippen LogP contribution in [0, 0.1) is 12.8 Å². The van der Waals surface area contributed by atoms with Crippen molar-refractivity contribution in [3.8, 4) is 17.0 Å². The van der Waals surface area contributed by atoms with E-state index < -0.39 is 0 Å². The van der Waals surface area contributed by atoms with Crippen molar-refractivity contribution in [2.45, 2.75) is 26.2 Å². The molecule has 7 heteroatoms. The van der Waals surface area contributed by atoms with Crippen molar-refractivity contribution in [3.63, 3.8) is 0 Å². The smallest absolute Gasteiger partial charge is 0.229 e. The molecule has 6 nitrogen and oxygen atoms in total. The molecule has 1 aromatic heterocycles. The molecule has 0 bridgehead atoms. The quantitative estimate of drug-likeness (QED) is 0.768. The molecule has 2 aliphatic rings. The fourth-order valence-electron chi connectivity index (χ4n) is 3.42. The van der Waals surface area contributed by atoms with Gasteiger partial charge in [0.1, 0.15) is 12.4 Å². The molecule has 1 aliphatic carbocycles. The molecule has 0 radical (unpaired) electrons. The molecule has 1 saturated heterocycles. The third-order valence-electron chi connectivity index (χ3n) is 5.41. The number of benzene rings is 1. The number of rotatable bonds is 7. The minimum Gasteiger partial charge on any atom is -0.492 e. The number of aryl methyl sites for hydroxylation is 1. The molecular formula is C21H27N3O3S. The van der Waals surface area contributed by atoms with E-state index in [2.05, 4.69) is 15.2 Å². The summed E-state index contributed by atoms with van der Waals surface area (Å²) in [5.74, 6) is 1.14. The molecule has 1 saturated carbocycles. The maximum atomic E-state index is 12.1. The highest BCUT2D eigenvalue weighted by Gasteiger charge is 2.26. The van der Waals surface area contributed by atoms with Gasteiger partial charge in [-0.2, -0.15) is 0 Å². The summed E-state index contributed by atoms with van der Waals surface area (Å²) in [4.78, 5) is 20.2. The van der Waals surface area contributed by atoms with E-state index in [1.165, 1.54) is 11.3 Å². The molecular weight excluding hydrogens is 374 g/mol. The lowest BCUT2D eigenvalue weighted by Crippen LogP contribution is -2.38. The molecule has 1 amide bonds. The predicted octanol–water partition coefficient (Wildman–Crippen LogP) is 3.57. The van der Waals surface area contributed by atoms with Gasteiger partial charge in [0.15, 0.2) is 5.13 Å². The first-order chi connectivity index (χ1) is 13.7. The van der Waals surface area contributed by atoms with Crippen molar-refractivity contribution >= 4 is 22.4 Å². The number of anilines is 1. The Labute approximate surface area is 169 Å². The summed E-state index contributed by atoms with van der Waals surface area (Å²) in [7, 11) is 0. The number of morpholine rings is 1. The Balaban J connectivity index is 1.32. The van der Waals surface area contributed by atoms with Crippen LogP contribution in [0.2, 0.25) is 0 Å². The number of carbonyl (C=O) groups is 1. The summed E-state index contributed by atoms with van der Waals surface area (Å²) in [5.41, 5.74) is 1.96. The highest BCUT2D eigenvalue weighted by molar-refractivity contribution is 7.16. The molecule has 0 spiro atoms. The number of aromatic nitrogens is 1. The van der Waals surface area contributed by atoms with Crippen LogP contribution in [0.25, 0.3) is 11.3 Å². The molecule has 1 aromatic carbocycles. The zero-order chi connectivity index (χ0) is 19.3. The second-order valence-electron chi connectivity index (χ2n) is 7.37. The Bertz CT molecular complexity index is 796. The van der Waals surface area contributed by atoms with E-state index >= 15 is 0 Å². The number of hydrogen-bond donors (Lipinski definition) is 1. The summed E-state index contributed by atoms with van der Waals surface area (Å²) in [5, 5.41) is 3.67. The van der Waals surface area contributed by atoms with E-state index in [1.54, 1.807) is 0 Å². The highest BCUT2D eigenvalue weighted by atomic mass is 32.1. The predicted molar refractivity (Wildman–Crippen MR) is 111 cm³/mol. The lowest BCUT2D eigenvalue weighted by Gasteiger charge is -2.26. The van der Waals surface area contributed by atoms with E-state index in [4.69, 9.17) is 9.47 Å². The van der Waals surface area contributed by atoms with Crippen molar-refractivity contribution in [2.75, 3.05) is 44.8 Å². The molecule has 2 heterocycles. The summed E-state index contributed by atoms with van der Waals surface area (Å²) in [6, 6.07) is 8.04. The van der Waals surface area contributed by atoms with Crippen LogP contribution in [0.1, 0.15) is 24.1 Å². The Kier molecular flexibility index (Phi) is 6.24. The first-order valence-electron chi connectivity index (χ1n) is 10.0. The van der Waals surface area contributed by atoms with E-state index in [9.17, 15) is 4.79 Å². The maximum absolute atomic E-state index is 12.1. The van der Waals surface area contributed by atoms with E-state index in [0.717, 1.165) is 74.0 Å². The zero-order valence-electron chi connectivity index (χ0n) is 16.3. The fourth-order valence-corrected chi connectivity index (χ4v) is 4.26. The summed E-state index contributed by atoms with van der Waals surface area (Å²) in [6.45, 7) is 7.21. The fraction of sp³-hybridized carbons (Fsp3) is 0.524. The van der Waals surface area contributed by atoms with Crippen molar-refractivity contribution < 1.29 is 14.3 Å². The number of carbonyl (C=O) groups excluding carboxylic acids is 1. The third kappa shape index (κ3) is 4.71.